The molecule has 1 aromatic carbocycles. The number of aliphatic hydroxyl groups excluding tert-OH is 1. The Morgan fingerprint density at radius 1 is 1.00 bits per heavy atom. The zero-order chi connectivity index (χ0) is 22.2. The van der Waals surface area contributed by atoms with E-state index in [0.29, 0.717) is 5.92 Å². The second kappa shape index (κ2) is 8.88. The molecule has 1 saturated carbocycles. The molecule has 6 nitrogen and oxygen atoms in total. The lowest BCUT2D eigenvalue weighted by Gasteiger charge is -2.26. The molecule has 2 N–H and O–H groups in total. The molecular formula is C26H28N4O2S. The van der Waals surface area contributed by atoms with Crippen molar-refractivity contribution in [2.75, 3.05) is 0 Å². The molecule has 170 valence electrons. The van der Waals surface area contributed by atoms with Gasteiger partial charge < -0.3 is 14.8 Å². The van der Waals surface area contributed by atoms with E-state index in [1.54, 1.807) is 17.5 Å². The third kappa shape index (κ3) is 4.39. The Morgan fingerprint density at radius 3 is 2.79 bits per heavy atom. The van der Waals surface area contributed by atoms with Gasteiger partial charge >= 0.3 is 0 Å². The number of aromatic amines is 1. The number of hydrogen-bond donors (Lipinski definition) is 2. The highest BCUT2D eigenvalue weighted by atomic mass is 32.1. The molecular weight excluding hydrogens is 432 g/mol. The van der Waals surface area contributed by atoms with E-state index in [-0.39, 0.29) is 6.10 Å². The molecule has 33 heavy (non-hydrogen) atoms. The third-order valence-corrected chi connectivity index (χ3v) is 7.91. The van der Waals surface area contributed by atoms with Crippen LogP contribution in [0.25, 0.3) is 21.7 Å². The third-order valence-electron chi connectivity index (χ3n) is 6.87. The first-order chi connectivity index (χ1) is 16.2. The van der Waals surface area contributed by atoms with Gasteiger partial charge in [0, 0.05) is 30.4 Å². The number of fused-ring (bicyclic) bond motifs is 2. The number of imidazole rings is 1. The number of ether oxygens (including phenoxy) is 1. The molecule has 3 aromatic heterocycles. The SMILES string of the molecule is O[C@@H]1CCCC[C@H]1Cc1nc2ccc(Oc3ccnc(-c4nc5c([nH]4)CCCC5)c3)cc2s1. The molecule has 0 bridgehead atoms. The summed E-state index contributed by atoms with van der Waals surface area (Å²) in [5.74, 6) is 2.67. The van der Waals surface area contributed by atoms with Gasteiger partial charge in [0.1, 0.15) is 17.2 Å². The highest BCUT2D eigenvalue weighted by Crippen LogP contribution is 2.33. The Labute approximate surface area is 197 Å². The van der Waals surface area contributed by atoms with Crippen molar-refractivity contribution in [3.05, 3.63) is 52.9 Å². The molecule has 2 aliphatic rings. The second-order valence-electron chi connectivity index (χ2n) is 9.25. The van der Waals surface area contributed by atoms with Crippen LogP contribution in [-0.4, -0.2) is 31.1 Å². The van der Waals surface area contributed by atoms with Crippen molar-refractivity contribution in [3.63, 3.8) is 0 Å². The van der Waals surface area contributed by atoms with Crippen LogP contribution in [0.4, 0.5) is 0 Å². The van der Waals surface area contributed by atoms with E-state index >= 15 is 0 Å². The number of aryl methyl sites for hydroxylation is 2. The first kappa shape index (κ1) is 20.8. The van der Waals surface area contributed by atoms with Gasteiger partial charge in [-0.15, -0.1) is 11.3 Å². The van der Waals surface area contributed by atoms with Gasteiger partial charge in [0.15, 0.2) is 5.82 Å². The fourth-order valence-corrected chi connectivity index (χ4v) is 6.16. The van der Waals surface area contributed by atoms with Gasteiger partial charge in [-0.2, -0.15) is 0 Å². The predicted octanol–water partition coefficient (Wildman–Crippen LogP) is 5.85. The maximum atomic E-state index is 10.3. The molecule has 3 heterocycles. The van der Waals surface area contributed by atoms with E-state index in [9.17, 15) is 5.11 Å². The molecule has 4 aromatic rings. The van der Waals surface area contributed by atoms with Crippen LogP contribution in [0.2, 0.25) is 0 Å². The van der Waals surface area contributed by atoms with Gasteiger partial charge in [-0.3, -0.25) is 4.98 Å². The van der Waals surface area contributed by atoms with E-state index < -0.39 is 0 Å². The van der Waals surface area contributed by atoms with Crippen molar-refractivity contribution in [1.29, 1.82) is 0 Å². The maximum Gasteiger partial charge on any atom is 0.156 e. The minimum absolute atomic E-state index is 0.190. The number of benzene rings is 1. The highest BCUT2D eigenvalue weighted by Gasteiger charge is 2.24. The van der Waals surface area contributed by atoms with Gasteiger partial charge in [0.25, 0.3) is 0 Å². The van der Waals surface area contributed by atoms with Crippen molar-refractivity contribution < 1.29 is 9.84 Å². The van der Waals surface area contributed by atoms with Crippen LogP contribution < -0.4 is 4.74 Å². The average Bonchev–Trinajstić information content (AvgIpc) is 3.44. The zero-order valence-electron chi connectivity index (χ0n) is 18.6. The molecule has 0 radical (unpaired) electrons. The summed E-state index contributed by atoms with van der Waals surface area (Å²) in [5.41, 5.74) is 4.21. The van der Waals surface area contributed by atoms with Gasteiger partial charge in [0.05, 0.1) is 27.0 Å². The summed E-state index contributed by atoms with van der Waals surface area (Å²) in [6, 6.07) is 9.85. The van der Waals surface area contributed by atoms with Crippen molar-refractivity contribution in [1.82, 2.24) is 19.9 Å². The Balaban J connectivity index is 1.20. The van der Waals surface area contributed by atoms with E-state index in [2.05, 4.69) is 16.0 Å². The number of aromatic nitrogens is 4. The first-order valence-corrected chi connectivity index (χ1v) is 12.8. The summed E-state index contributed by atoms with van der Waals surface area (Å²) in [7, 11) is 0. The van der Waals surface area contributed by atoms with Crippen LogP contribution >= 0.6 is 11.3 Å². The quantitative estimate of drug-likeness (QED) is 0.390. The molecule has 2 atom stereocenters. The molecule has 0 spiro atoms. The molecule has 1 fully saturated rings. The number of rotatable bonds is 5. The predicted molar refractivity (Wildman–Crippen MR) is 130 cm³/mol. The Bertz CT molecular complexity index is 1260. The lowest BCUT2D eigenvalue weighted by molar-refractivity contribution is 0.0700. The smallest absolute Gasteiger partial charge is 0.156 e. The monoisotopic (exact) mass is 460 g/mol. The Morgan fingerprint density at radius 2 is 1.88 bits per heavy atom. The first-order valence-electron chi connectivity index (χ1n) is 12.0. The highest BCUT2D eigenvalue weighted by molar-refractivity contribution is 7.18. The molecule has 7 heteroatoms. The van der Waals surface area contributed by atoms with Crippen LogP contribution in [0.3, 0.4) is 0 Å². The van der Waals surface area contributed by atoms with Gasteiger partial charge in [-0.1, -0.05) is 12.8 Å². The van der Waals surface area contributed by atoms with Crippen LogP contribution in [0, 0.1) is 5.92 Å². The standard InChI is InChI=1S/C26H28N4O2S/c31-23-8-4-1-5-16(23)13-25-28-21-10-9-17(15-24(21)33-25)32-18-11-12-27-22(14-18)26-29-19-6-2-3-7-20(19)30-26/h9-12,14-16,23,31H,1-8,13H2,(H,29,30)/t16-,23+/m0/s1. The Hall–Kier alpha value is -2.77. The van der Waals surface area contributed by atoms with E-state index in [1.165, 1.54) is 30.7 Å². The minimum Gasteiger partial charge on any atom is -0.457 e. The molecule has 0 amide bonds. The zero-order valence-corrected chi connectivity index (χ0v) is 19.4. The minimum atomic E-state index is -0.190. The van der Waals surface area contributed by atoms with Crippen LogP contribution in [-0.2, 0) is 19.3 Å². The summed E-state index contributed by atoms with van der Waals surface area (Å²) in [4.78, 5) is 17.5. The van der Waals surface area contributed by atoms with Gasteiger partial charge in [0.2, 0.25) is 0 Å². The maximum absolute atomic E-state index is 10.3. The molecule has 0 saturated heterocycles. The topological polar surface area (TPSA) is 83.9 Å². The van der Waals surface area contributed by atoms with E-state index in [4.69, 9.17) is 14.7 Å². The fourth-order valence-electron chi connectivity index (χ4n) is 5.07. The lowest BCUT2D eigenvalue weighted by atomic mass is 9.84. The number of thiazole rings is 1. The summed E-state index contributed by atoms with van der Waals surface area (Å²) in [5, 5.41) is 11.4. The van der Waals surface area contributed by atoms with Gasteiger partial charge in [-0.25, -0.2) is 9.97 Å². The van der Waals surface area contributed by atoms with Crippen LogP contribution in [0.5, 0.6) is 11.5 Å². The lowest BCUT2D eigenvalue weighted by Crippen LogP contribution is -2.26. The number of nitrogens with one attached hydrogen (secondary N) is 1. The number of H-pyrrole nitrogens is 1. The number of hydrogen-bond acceptors (Lipinski definition) is 6. The molecule has 0 unspecified atom stereocenters. The summed E-state index contributed by atoms with van der Waals surface area (Å²) in [6.07, 6.45) is 11.3. The largest absolute Gasteiger partial charge is 0.457 e. The molecule has 0 aliphatic heterocycles. The van der Waals surface area contributed by atoms with Crippen molar-refractivity contribution in [3.8, 4) is 23.0 Å². The van der Waals surface area contributed by atoms with Crippen LogP contribution in [0.1, 0.15) is 54.9 Å². The number of aliphatic hydroxyl groups is 1. The van der Waals surface area contributed by atoms with Gasteiger partial charge in [-0.05, 0) is 62.6 Å². The van der Waals surface area contributed by atoms with Crippen molar-refractivity contribution in [2.24, 2.45) is 5.92 Å². The normalized spacial score (nSPS) is 20.6. The van der Waals surface area contributed by atoms with Crippen molar-refractivity contribution in [2.45, 2.75) is 63.9 Å². The molecule has 2 aliphatic carbocycles. The summed E-state index contributed by atoms with van der Waals surface area (Å²) in [6.45, 7) is 0. The Kier molecular flexibility index (Phi) is 5.60. The van der Waals surface area contributed by atoms with Crippen molar-refractivity contribution >= 4 is 21.6 Å². The molecule has 6 rings (SSSR count). The average molecular weight is 461 g/mol. The number of pyridine rings is 1. The summed E-state index contributed by atoms with van der Waals surface area (Å²) < 4.78 is 7.30. The van der Waals surface area contributed by atoms with Crippen LogP contribution in [0.15, 0.2) is 36.5 Å². The van der Waals surface area contributed by atoms with E-state index in [0.717, 1.165) is 76.8 Å². The number of nitrogens with zero attached hydrogens (tertiary/aromatic N) is 3. The van der Waals surface area contributed by atoms with E-state index in [1.807, 2.05) is 24.3 Å². The fraction of sp³-hybridized carbons (Fsp3) is 0.423. The second-order valence-corrected chi connectivity index (χ2v) is 10.4. The summed E-state index contributed by atoms with van der Waals surface area (Å²) >= 11 is 1.70.